The van der Waals surface area contributed by atoms with Crippen LogP contribution in [0.4, 0.5) is 0 Å². The molecule has 1 radical (unpaired) electrons. The van der Waals surface area contributed by atoms with Gasteiger partial charge in [0.15, 0.2) is 0 Å². The van der Waals surface area contributed by atoms with Crippen molar-refractivity contribution in [3.05, 3.63) is 65.2 Å². The van der Waals surface area contributed by atoms with Gasteiger partial charge in [0.25, 0.3) is 0 Å². The Morgan fingerprint density at radius 3 is 2.31 bits per heavy atom. The van der Waals surface area contributed by atoms with Gasteiger partial charge in [0.1, 0.15) is 11.9 Å². The third kappa shape index (κ3) is 2.77. The number of benzene rings is 2. The fraction of sp³-hybridized carbons (Fsp3) is 0.143. The minimum atomic E-state index is 0.0136. The molecule has 16 heavy (non-hydrogen) atoms. The van der Waals surface area contributed by atoms with Gasteiger partial charge in [0.2, 0.25) is 0 Å². The zero-order valence-electron chi connectivity index (χ0n) is 8.98. The van der Waals surface area contributed by atoms with Crippen LogP contribution in [0.25, 0.3) is 0 Å². The molecule has 0 saturated carbocycles. The van der Waals surface area contributed by atoms with Crippen molar-refractivity contribution in [2.75, 3.05) is 0 Å². The summed E-state index contributed by atoms with van der Waals surface area (Å²) in [5.74, 6) is 0.848. The lowest BCUT2D eigenvalue weighted by atomic mass is 10.1. The SMILES string of the molecule is CC(Oc1cc[c]cc1)c1ccc(Cl)cc1. The Hall–Kier alpha value is -1.47. The average molecular weight is 232 g/mol. The summed E-state index contributed by atoms with van der Waals surface area (Å²) in [6, 6.07) is 18.1. The normalized spacial score (nSPS) is 12.1. The van der Waals surface area contributed by atoms with Crippen LogP contribution in [0, 0.1) is 6.07 Å². The van der Waals surface area contributed by atoms with Crippen molar-refractivity contribution >= 4 is 11.6 Å². The van der Waals surface area contributed by atoms with Gasteiger partial charge in [-0.3, -0.25) is 0 Å². The van der Waals surface area contributed by atoms with Crippen molar-refractivity contribution in [1.82, 2.24) is 0 Å². The maximum atomic E-state index is 5.83. The molecule has 2 heteroatoms. The molecule has 0 spiro atoms. The summed E-state index contributed by atoms with van der Waals surface area (Å²) in [7, 11) is 0. The van der Waals surface area contributed by atoms with Crippen LogP contribution >= 0.6 is 11.6 Å². The maximum Gasteiger partial charge on any atom is 0.121 e. The van der Waals surface area contributed by atoms with Gasteiger partial charge in [-0.15, -0.1) is 0 Å². The molecular weight excluding hydrogens is 220 g/mol. The fourth-order valence-corrected chi connectivity index (χ4v) is 1.58. The molecule has 0 N–H and O–H groups in total. The fourth-order valence-electron chi connectivity index (χ4n) is 1.46. The molecule has 2 aromatic rings. The van der Waals surface area contributed by atoms with Gasteiger partial charge in [-0.05, 0) is 42.8 Å². The molecule has 0 aliphatic carbocycles. The molecule has 2 aromatic carbocycles. The van der Waals surface area contributed by atoms with Crippen LogP contribution in [0.1, 0.15) is 18.6 Å². The van der Waals surface area contributed by atoms with Gasteiger partial charge >= 0.3 is 0 Å². The maximum absolute atomic E-state index is 5.83. The minimum absolute atomic E-state index is 0.0136. The summed E-state index contributed by atoms with van der Waals surface area (Å²) in [5.41, 5.74) is 1.11. The van der Waals surface area contributed by atoms with E-state index in [1.54, 1.807) is 0 Å². The van der Waals surface area contributed by atoms with Crippen molar-refractivity contribution in [3.63, 3.8) is 0 Å². The lowest BCUT2D eigenvalue weighted by Gasteiger charge is -2.14. The van der Waals surface area contributed by atoms with Crippen LogP contribution in [0.15, 0.2) is 48.5 Å². The number of hydrogen-bond donors (Lipinski definition) is 0. The lowest BCUT2D eigenvalue weighted by Crippen LogP contribution is -2.02. The van der Waals surface area contributed by atoms with E-state index < -0.39 is 0 Å². The second kappa shape index (κ2) is 5.04. The zero-order chi connectivity index (χ0) is 11.4. The summed E-state index contributed by atoms with van der Waals surface area (Å²) in [6.07, 6.45) is 0.0136. The topological polar surface area (TPSA) is 9.23 Å². The standard InChI is InChI=1S/C14H12ClO/c1-11(12-7-9-13(15)10-8-12)16-14-5-3-2-4-6-14/h3-11H,1H3. The molecule has 1 nitrogen and oxygen atoms in total. The molecular formula is C14H12ClO. The highest BCUT2D eigenvalue weighted by Crippen LogP contribution is 2.22. The monoisotopic (exact) mass is 231 g/mol. The molecule has 0 saturated heterocycles. The minimum Gasteiger partial charge on any atom is -0.486 e. The highest BCUT2D eigenvalue weighted by molar-refractivity contribution is 6.30. The largest absolute Gasteiger partial charge is 0.486 e. The second-order valence-corrected chi connectivity index (χ2v) is 3.98. The first kappa shape index (κ1) is 11.0. The van der Waals surface area contributed by atoms with Crippen molar-refractivity contribution < 1.29 is 4.74 Å². The Labute approximate surface area is 101 Å². The van der Waals surface area contributed by atoms with E-state index >= 15 is 0 Å². The van der Waals surface area contributed by atoms with Gasteiger partial charge in [-0.2, -0.15) is 0 Å². The molecule has 0 aromatic heterocycles. The first-order valence-corrected chi connectivity index (χ1v) is 5.52. The highest BCUT2D eigenvalue weighted by atomic mass is 35.5. The summed E-state index contributed by atoms with van der Waals surface area (Å²) >= 11 is 5.83. The van der Waals surface area contributed by atoms with E-state index in [9.17, 15) is 0 Å². The predicted octanol–water partition coefficient (Wildman–Crippen LogP) is 4.28. The molecule has 2 rings (SSSR count). The first-order chi connectivity index (χ1) is 7.75. The third-order valence-electron chi connectivity index (χ3n) is 2.34. The van der Waals surface area contributed by atoms with Crippen LogP contribution in [0.5, 0.6) is 5.75 Å². The van der Waals surface area contributed by atoms with Gasteiger partial charge < -0.3 is 4.74 Å². The molecule has 0 bridgehead atoms. The first-order valence-electron chi connectivity index (χ1n) is 5.14. The van der Waals surface area contributed by atoms with Gasteiger partial charge in [0, 0.05) is 5.02 Å². The van der Waals surface area contributed by atoms with E-state index in [2.05, 4.69) is 6.07 Å². The molecule has 0 amide bonds. The second-order valence-electron chi connectivity index (χ2n) is 3.55. The molecule has 1 atom stereocenters. The number of rotatable bonds is 3. The highest BCUT2D eigenvalue weighted by Gasteiger charge is 2.06. The predicted molar refractivity (Wildman–Crippen MR) is 65.8 cm³/mol. The number of hydrogen-bond acceptors (Lipinski definition) is 1. The van der Waals surface area contributed by atoms with Gasteiger partial charge in [-0.25, -0.2) is 0 Å². The summed E-state index contributed by atoms with van der Waals surface area (Å²) < 4.78 is 5.78. The number of halogens is 1. The Morgan fingerprint density at radius 2 is 1.69 bits per heavy atom. The Morgan fingerprint density at radius 1 is 1.06 bits per heavy atom. The van der Waals surface area contributed by atoms with Crippen molar-refractivity contribution in [3.8, 4) is 5.75 Å². The van der Waals surface area contributed by atoms with E-state index in [1.165, 1.54) is 0 Å². The molecule has 0 aliphatic rings. The van der Waals surface area contributed by atoms with Crippen LogP contribution in [-0.4, -0.2) is 0 Å². The van der Waals surface area contributed by atoms with E-state index in [1.807, 2.05) is 55.5 Å². The zero-order valence-corrected chi connectivity index (χ0v) is 9.74. The van der Waals surface area contributed by atoms with Crippen molar-refractivity contribution in [2.45, 2.75) is 13.0 Å². The van der Waals surface area contributed by atoms with Gasteiger partial charge in [0.05, 0.1) is 0 Å². The third-order valence-corrected chi connectivity index (χ3v) is 2.59. The molecule has 0 fully saturated rings. The molecule has 0 heterocycles. The number of ether oxygens (including phenoxy) is 1. The molecule has 0 aliphatic heterocycles. The van der Waals surface area contributed by atoms with Crippen LogP contribution in [0.3, 0.4) is 0 Å². The van der Waals surface area contributed by atoms with Gasteiger partial charge in [-0.1, -0.05) is 35.9 Å². The van der Waals surface area contributed by atoms with Crippen LogP contribution < -0.4 is 4.74 Å². The van der Waals surface area contributed by atoms with Crippen LogP contribution in [0.2, 0.25) is 5.02 Å². The van der Waals surface area contributed by atoms with E-state index in [4.69, 9.17) is 16.3 Å². The van der Waals surface area contributed by atoms with Crippen LogP contribution in [-0.2, 0) is 0 Å². The molecule has 1 unspecified atom stereocenters. The average Bonchev–Trinajstić information content (AvgIpc) is 2.31. The lowest BCUT2D eigenvalue weighted by molar-refractivity contribution is 0.227. The van der Waals surface area contributed by atoms with E-state index in [0.717, 1.165) is 16.3 Å². The molecule has 81 valence electrons. The quantitative estimate of drug-likeness (QED) is 0.766. The van der Waals surface area contributed by atoms with E-state index in [-0.39, 0.29) is 6.10 Å². The Bertz CT molecular complexity index is 436. The summed E-state index contributed by atoms with van der Waals surface area (Å²) in [5, 5.41) is 0.741. The van der Waals surface area contributed by atoms with Crippen molar-refractivity contribution in [2.24, 2.45) is 0 Å². The Kier molecular flexibility index (Phi) is 3.47. The van der Waals surface area contributed by atoms with Crippen molar-refractivity contribution in [1.29, 1.82) is 0 Å². The Balaban J connectivity index is 2.09. The summed E-state index contributed by atoms with van der Waals surface area (Å²) in [4.78, 5) is 0. The summed E-state index contributed by atoms with van der Waals surface area (Å²) in [6.45, 7) is 2.01. The van der Waals surface area contributed by atoms with E-state index in [0.29, 0.717) is 0 Å². The smallest absolute Gasteiger partial charge is 0.121 e.